The summed E-state index contributed by atoms with van der Waals surface area (Å²) in [6.07, 6.45) is 0. The molecule has 0 bridgehead atoms. The molecule has 1 aromatic carbocycles. The van der Waals surface area contributed by atoms with Crippen LogP contribution in [0.1, 0.15) is 5.56 Å². The molecule has 0 atom stereocenters. The first-order chi connectivity index (χ1) is 6.04. The van der Waals surface area contributed by atoms with E-state index < -0.39 is 10.7 Å². The van der Waals surface area contributed by atoms with E-state index in [0.717, 1.165) is 0 Å². The molecule has 1 rings (SSSR count). The van der Waals surface area contributed by atoms with Crippen molar-refractivity contribution in [2.75, 3.05) is 0 Å². The van der Waals surface area contributed by atoms with Gasteiger partial charge in [-0.2, -0.15) is 0 Å². The fourth-order valence-electron chi connectivity index (χ4n) is 0.534. The van der Waals surface area contributed by atoms with Gasteiger partial charge >= 0.3 is 0 Å². The molecule has 0 aliphatic carbocycles. The van der Waals surface area contributed by atoms with E-state index >= 15 is 0 Å². The lowest BCUT2D eigenvalue weighted by Crippen LogP contribution is -1.82. The summed E-state index contributed by atoms with van der Waals surface area (Å²) in [5.41, 5.74) is 1.32. The zero-order valence-corrected chi connectivity index (χ0v) is 12.2. The monoisotopic (exact) mass is 424 g/mol. The lowest BCUT2D eigenvalue weighted by Gasteiger charge is -1.82. The maximum Gasteiger partial charge on any atom is 0.161 e. The zero-order chi connectivity index (χ0) is 10.3. The summed E-state index contributed by atoms with van der Waals surface area (Å²) in [5, 5.41) is 0. The second-order valence-electron chi connectivity index (χ2n) is 2.22. The van der Waals surface area contributed by atoms with Gasteiger partial charge in [-0.15, -0.1) is 0 Å². The van der Waals surface area contributed by atoms with E-state index in [1.807, 2.05) is 63.4 Å². The summed E-state index contributed by atoms with van der Waals surface area (Å²) in [4.78, 5) is 0. The van der Waals surface area contributed by atoms with Crippen molar-refractivity contribution < 1.29 is 8.42 Å². The van der Waals surface area contributed by atoms with Gasteiger partial charge in [-0.05, 0) is 6.92 Å². The Morgan fingerprint density at radius 2 is 1.54 bits per heavy atom. The highest BCUT2D eigenvalue weighted by molar-refractivity contribution is 14.2. The normalized spacial score (nSPS) is 9.62. The molecule has 0 amide bonds. The minimum absolute atomic E-state index is 0.254. The van der Waals surface area contributed by atoms with Crippen LogP contribution in [0.25, 0.3) is 0 Å². The summed E-state index contributed by atoms with van der Waals surface area (Å²) in [5.74, 6) is 0. The van der Waals surface area contributed by atoms with Gasteiger partial charge in [-0.25, -0.2) is 8.42 Å². The molecule has 2 nitrogen and oxygen atoms in total. The van der Waals surface area contributed by atoms with E-state index in [9.17, 15) is 8.42 Å². The number of alkyl halides is 2. The first kappa shape index (κ1) is 13.6. The number of thiol groups is 1. The Kier molecular flexibility index (Phi) is 8.37. The molecule has 0 aliphatic heterocycles. The fourth-order valence-corrected chi connectivity index (χ4v) is 0.534. The molecule has 0 saturated carbocycles. The number of hydrogen-bond donors (Lipinski definition) is 1. The summed E-state index contributed by atoms with van der Waals surface area (Å²) >= 11 is 3.65. The summed E-state index contributed by atoms with van der Waals surface area (Å²) in [6.45, 7) is 2.08. The van der Waals surface area contributed by atoms with Gasteiger partial charge in [0.15, 0.2) is 12.0 Å². The van der Waals surface area contributed by atoms with Crippen molar-refractivity contribution >= 4 is 55.9 Å². The number of rotatable bonds is 1. The number of hydrogen-bond acceptors (Lipinski definition) is 2. The van der Waals surface area contributed by atoms with Crippen LogP contribution in [0.4, 0.5) is 0 Å². The SMILES string of the molecule is Cc1ccccc1.O=[SH](=O)C(I)I. The first-order valence-electron chi connectivity index (χ1n) is 3.47. The van der Waals surface area contributed by atoms with Crippen LogP contribution in [-0.4, -0.2) is 9.68 Å². The van der Waals surface area contributed by atoms with Crippen LogP contribution in [0.5, 0.6) is 0 Å². The second kappa shape index (κ2) is 7.98. The largest absolute Gasteiger partial charge is 0.230 e. The Hall–Kier alpha value is 0.630. The van der Waals surface area contributed by atoms with E-state index in [1.54, 1.807) is 0 Å². The molecular formula is C8H10I2O2S. The lowest BCUT2D eigenvalue weighted by atomic mass is 10.2. The minimum atomic E-state index is -2.19. The first-order valence-corrected chi connectivity index (χ1v) is 7.21. The number of halogens is 2. The molecule has 0 aromatic heterocycles. The topological polar surface area (TPSA) is 34.1 Å². The van der Waals surface area contributed by atoms with E-state index in [0.29, 0.717) is 0 Å². The van der Waals surface area contributed by atoms with E-state index in [-0.39, 0.29) is 1.26 Å². The van der Waals surface area contributed by atoms with Crippen molar-refractivity contribution in [3.63, 3.8) is 0 Å². The third-order valence-corrected chi connectivity index (χ3v) is 4.15. The Morgan fingerprint density at radius 3 is 1.69 bits per heavy atom. The molecule has 0 saturated heterocycles. The molecule has 0 fully saturated rings. The maximum absolute atomic E-state index is 9.72. The fraction of sp³-hybridized carbons (Fsp3) is 0.250. The van der Waals surface area contributed by atoms with Crippen LogP contribution in [-0.2, 0) is 10.7 Å². The van der Waals surface area contributed by atoms with Crippen LogP contribution in [0.3, 0.4) is 0 Å². The standard InChI is InChI=1S/C7H8.CH2I2O2S/c1-7-5-3-2-4-6-7;2-1(3)6(4)5/h2-6H,1H3;1,6H. The minimum Gasteiger partial charge on any atom is -0.230 e. The molecule has 74 valence electrons. The highest BCUT2D eigenvalue weighted by Gasteiger charge is 1.93. The smallest absolute Gasteiger partial charge is 0.161 e. The summed E-state index contributed by atoms with van der Waals surface area (Å²) in [6, 6.07) is 10.3. The lowest BCUT2D eigenvalue weighted by molar-refractivity contribution is 0.618. The molecule has 0 heterocycles. The van der Waals surface area contributed by atoms with Gasteiger partial charge in [-0.1, -0.05) is 81.1 Å². The molecule has 1 aromatic rings. The predicted octanol–water partition coefficient (Wildman–Crippen LogP) is 2.75. The van der Waals surface area contributed by atoms with Crippen LogP contribution in [0, 0.1) is 6.92 Å². The van der Waals surface area contributed by atoms with Crippen molar-refractivity contribution in [1.82, 2.24) is 0 Å². The predicted molar refractivity (Wildman–Crippen MR) is 73.3 cm³/mol. The van der Waals surface area contributed by atoms with Gasteiger partial charge in [0, 0.05) is 0 Å². The van der Waals surface area contributed by atoms with Crippen LogP contribution in [0.2, 0.25) is 0 Å². The van der Waals surface area contributed by atoms with Gasteiger partial charge in [0.1, 0.15) is 0 Å². The number of benzene rings is 1. The molecule has 0 N–H and O–H groups in total. The second-order valence-corrected chi connectivity index (χ2v) is 10.2. The Labute approximate surface area is 107 Å². The van der Waals surface area contributed by atoms with Gasteiger partial charge in [0.2, 0.25) is 0 Å². The van der Waals surface area contributed by atoms with Gasteiger partial charge in [-0.3, -0.25) is 0 Å². The molecule has 5 heteroatoms. The van der Waals surface area contributed by atoms with Crippen LogP contribution >= 0.6 is 45.2 Å². The van der Waals surface area contributed by atoms with Crippen molar-refractivity contribution in [1.29, 1.82) is 0 Å². The zero-order valence-electron chi connectivity index (χ0n) is 6.98. The Bertz CT molecular complexity index is 288. The summed E-state index contributed by atoms with van der Waals surface area (Å²) in [7, 11) is -2.19. The van der Waals surface area contributed by atoms with Crippen LogP contribution in [0.15, 0.2) is 30.3 Å². The van der Waals surface area contributed by atoms with Crippen molar-refractivity contribution in [2.45, 2.75) is 8.19 Å². The molecule has 0 aliphatic rings. The molecule has 0 radical (unpaired) electrons. The Balaban J connectivity index is 0.000000226. The van der Waals surface area contributed by atoms with E-state index in [1.165, 1.54) is 5.56 Å². The van der Waals surface area contributed by atoms with Crippen LogP contribution < -0.4 is 0 Å². The maximum atomic E-state index is 9.72. The van der Waals surface area contributed by atoms with Gasteiger partial charge < -0.3 is 0 Å². The summed E-state index contributed by atoms with van der Waals surface area (Å²) < 4.78 is 19.2. The molecule has 0 unspecified atom stereocenters. The van der Waals surface area contributed by atoms with Gasteiger partial charge in [0.25, 0.3) is 0 Å². The average Bonchev–Trinajstić information content (AvgIpc) is 2.06. The highest BCUT2D eigenvalue weighted by atomic mass is 127. The third-order valence-electron chi connectivity index (χ3n) is 1.10. The third kappa shape index (κ3) is 8.95. The van der Waals surface area contributed by atoms with E-state index in [2.05, 4.69) is 19.1 Å². The molecule has 13 heavy (non-hydrogen) atoms. The van der Waals surface area contributed by atoms with Crippen molar-refractivity contribution in [3.8, 4) is 0 Å². The molecule has 0 spiro atoms. The highest BCUT2D eigenvalue weighted by Crippen LogP contribution is 2.08. The quantitative estimate of drug-likeness (QED) is 0.428. The Morgan fingerprint density at radius 1 is 1.15 bits per heavy atom. The average molecular weight is 424 g/mol. The number of aryl methyl sites for hydroxylation is 1. The van der Waals surface area contributed by atoms with E-state index in [4.69, 9.17) is 0 Å². The molecular weight excluding hydrogens is 414 g/mol. The van der Waals surface area contributed by atoms with Gasteiger partial charge in [0.05, 0.1) is 0 Å². The van der Waals surface area contributed by atoms with Crippen molar-refractivity contribution in [2.24, 2.45) is 0 Å². The van der Waals surface area contributed by atoms with Crippen molar-refractivity contribution in [3.05, 3.63) is 35.9 Å².